The molecule has 2 rings (SSSR count). The van der Waals surface area contributed by atoms with E-state index in [-0.39, 0.29) is 0 Å². The van der Waals surface area contributed by atoms with Crippen molar-refractivity contribution in [2.45, 2.75) is 104 Å². The Hall–Kier alpha value is -1.94. The van der Waals surface area contributed by atoms with Gasteiger partial charge < -0.3 is 9.84 Å². The van der Waals surface area contributed by atoms with Gasteiger partial charge in [0, 0.05) is 24.4 Å². The third-order valence-electron chi connectivity index (χ3n) is 5.46. The maximum atomic E-state index is 9.87. The quantitative estimate of drug-likeness (QED) is 0.236. The molecule has 4 nitrogen and oxygen atoms in total. The molecule has 0 bridgehead atoms. The van der Waals surface area contributed by atoms with E-state index in [1.807, 2.05) is 36.7 Å². The number of aryl methyl sites for hydroxylation is 1. The maximum absolute atomic E-state index is 9.87. The molecule has 0 unspecified atom stereocenters. The average molecular weight is 413 g/mol. The zero-order valence-corrected chi connectivity index (χ0v) is 19.0. The van der Waals surface area contributed by atoms with Gasteiger partial charge in [-0.15, -0.1) is 0 Å². The Morgan fingerprint density at radius 3 is 1.93 bits per heavy atom. The smallest absolute Gasteiger partial charge is 0.197 e. The van der Waals surface area contributed by atoms with Crippen molar-refractivity contribution < 1.29 is 9.84 Å². The zero-order valence-electron chi connectivity index (χ0n) is 19.0. The number of aliphatic hydroxyl groups is 1. The summed E-state index contributed by atoms with van der Waals surface area (Å²) < 4.78 is 5.54. The molecular weight excluding hydrogens is 372 g/mol. The van der Waals surface area contributed by atoms with Gasteiger partial charge in [-0.3, -0.25) is 0 Å². The lowest BCUT2D eigenvalue weighted by molar-refractivity contribution is -0.0243. The summed E-state index contributed by atoms with van der Waals surface area (Å²) in [7, 11) is 0. The Balaban J connectivity index is 1.68. The largest absolute Gasteiger partial charge is 0.465 e. The summed E-state index contributed by atoms with van der Waals surface area (Å²) in [6.45, 7) is 4.37. The van der Waals surface area contributed by atoms with Crippen molar-refractivity contribution in [2.24, 2.45) is 0 Å². The molecule has 0 aliphatic carbocycles. The van der Waals surface area contributed by atoms with Gasteiger partial charge in [0.25, 0.3) is 0 Å². The number of aliphatic hydroxyl groups excluding tert-OH is 1. The van der Waals surface area contributed by atoms with Crippen LogP contribution in [0, 0.1) is 0 Å². The Morgan fingerprint density at radius 2 is 1.33 bits per heavy atom. The van der Waals surface area contributed by atoms with E-state index in [4.69, 9.17) is 4.74 Å². The summed E-state index contributed by atoms with van der Waals surface area (Å²) in [4.78, 5) is 9.07. The van der Waals surface area contributed by atoms with Gasteiger partial charge in [-0.2, -0.15) is 0 Å². The van der Waals surface area contributed by atoms with Crippen LogP contribution in [0.5, 0.6) is 5.75 Å². The average Bonchev–Trinajstić information content (AvgIpc) is 2.77. The van der Waals surface area contributed by atoms with Gasteiger partial charge >= 0.3 is 0 Å². The fourth-order valence-corrected chi connectivity index (χ4v) is 3.55. The standard InChI is InChI=1S/C26H40N2O2/c1-3-5-7-8-9-10-11-12-13-14-22-20-27-26(28-21-22)23-16-18-24(19-17-23)30-25(29)15-6-4-2/h16-21,25,29H,3-15H2,1-2H3/t25-/m0/s1. The first-order valence-electron chi connectivity index (χ1n) is 12.0. The summed E-state index contributed by atoms with van der Waals surface area (Å²) in [5.41, 5.74) is 2.17. The summed E-state index contributed by atoms with van der Waals surface area (Å²) in [5, 5.41) is 9.87. The summed E-state index contributed by atoms with van der Waals surface area (Å²) in [6.07, 6.45) is 19.0. The molecule has 0 saturated heterocycles. The van der Waals surface area contributed by atoms with Crippen LogP contribution < -0.4 is 4.74 Å². The van der Waals surface area contributed by atoms with Gasteiger partial charge in [-0.1, -0.05) is 71.6 Å². The third-order valence-corrected chi connectivity index (χ3v) is 5.46. The van der Waals surface area contributed by atoms with Crippen LogP contribution in [0.2, 0.25) is 0 Å². The van der Waals surface area contributed by atoms with Gasteiger partial charge in [0.2, 0.25) is 0 Å². The third kappa shape index (κ3) is 9.71. The minimum atomic E-state index is -0.743. The van der Waals surface area contributed by atoms with Crippen molar-refractivity contribution in [2.75, 3.05) is 0 Å². The summed E-state index contributed by atoms with van der Waals surface area (Å²) >= 11 is 0. The molecular formula is C26H40N2O2. The molecule has 0 spiro atoms. The Bertz CT molecular complexity index is 670. The fraction of sp³-hybridized carbons (Fsp3) is 0.615. The monoisotopic (exact) mass is 412 g/mol. The molecule has 4 heteroatoms. The minimum absolute atomic E-state index is 0.655. The first kappa shape index (κ1) is 24.3. The normalized spacial score (nSPS) is 12.1. The molecule has 0 radical (unpaired) electrons. The highest BCUT2D eigenvalue weighted by atomic mass is 16.6. The van der Waals surface area contributed by atoms with Crippen LogP contribution in [0.1, 0.15) is 96.5 Å². The second-order valence-electron chi connectivity index (χ2n) is 8.23. The van der Waals surface area contributed by atoms with Crippen molar-refractivity contribution in [1.82, 2.24) is 9.97 Å². The van der Waals surface area contributed by atoms with Gasteiger partial charge in [-0.05, 0) is 49.1 Å². The second kappa shape index (κ2) is 15.0. The SMILES string of the molecule is CCCCCCCCCCCc1cnc(-c2ccc(O[C@H](O)CCCC)cc2)nc1. The molecule has 0 saturated carbocycles. The molecule has 30 heavy (non-hydrogen) atoms. The highest BCUT2D eigenvalue weighted by Gasteiger charge is 2.07. The van der Waals surface area contributed by atoms with Crippen molar-refractivity contribution in [3.8, 4) is 17.1 Å². The molecule has 0 aliphatic rings. The number of unbranched alkanes of at least 4 members (excludes halogenated alkanes) is 9. The maximum Gasteiger partial charge on any atom is 0.197 e. The van der Waals surface area contributed by atoms with E-state index >= 15 is 0 Å². The van der Waals surface area contributed by atoms with Crippen LogP contribution in [0.15, 0.2) is 36.7 Å². The molecule has 1 aromatic heterocycles. The van der Waals surface area contributed by atoms with E-state index in [9.17, 15) is 5.11 Å². The zero-order chi connectivity index (χ0) is 21.4. The van der Waals surface area contributed by atoms with Crippen molar-refractivity contribution in [3.63, 3.8) is 0 Å². The molecule has 2 aromatic rings. The van der Waals surface area contributed by atoms with Crippen LogP contribution in [0.3, 0.4) is 0 Å². The van der Waals surface area contributed by atoms with Crippen molar-refractivity contribution in [3.05, 3.63) is 42.2 Å². The van der Waals surface area contributed by atoms with Crippen molar-refractivity contribution in [1.29, 1.82) is 0 Å². The molecule has 1 N–H and O–H groups in total. The number of ether oxygens (including phenoxy) is 1. The molecule has 0 amide bonds. The lowest BCUT2D eigenvalue weighted by Crippen LogP contribution is -2.14. The number of nitrogens with zero attached hydrogens (tertiary/aromatic N) is 2. The lowest BCUT2D eigenvalue weighted by atomic mass is 10.1. The predicted molar refractivity (Wildman–Crippen MR) is 125 cm³/mol. The van der Waals surface area contributed by atoms with Gasteiger partial charge in [0.15, 0.2) is 12.1 Å². The van der Waals surface area contributed by atoms with E-state index in [1.54, 1.807) is 0 Å². The van der Waals surface area contributed by atoms with Gasteiger partial charge in [-0.25, -0.2) is 9.97 Å². The van der Waals surface area contributed by atoms with Crippen LogP contribution in [0.25, 0.3) is 11.4 Å². The first-order valence-corrected chi connectivity index (χ1v) is 12.0. The Kier molecular flexibility index (Phi) is 12.1. The molecule has 166 valence electrons. The van der Waals surface area contributed by atoms with E-state index in [0.717, 1.165) is 30.7 Å². The summed E-state index contributed by atoms with van der Waals surface area (Å²) in [6, 6.07) is 7.61. The number of benzene rings is 1. The first-order chi connectivity index (χ1) is 14.7. The van der Waals surface area contributed by atoms with E-state index < -0.39 is 6.29 Å². The number of aromatic nitrogens is 2. The van der Waals surface area contributed by atoms with Gasteiger partial charge in [0.05, 0.1) is 0 Å². The van der Waals surface area contributed by atoms with E-state index in [1.165, 1.54) is 63.4 Å². The predicted octanol–water partition coefficient (Wildman–Crippen LogP) is 7.10. The second-order valence-corrected chi connectivity index (χ2v) is 8.23. The molecule has 1 atom stereocenters. The Morgan fingerprint density at radius 1 is 0.767 bits per heavy atom. The molecule has 1 heterocycles. The lowest BCUT2D eigenvalue weighted by Gasteiger charge is -2.13. The highest BCUT2D eigenvalue weighted by Crippen LogP contribution is 2.21. The molecule has 1 aromatic carbocycles. The Labute approximate surface area is 183 Å². The van der Waals surface area contributed by atoms with Crippen LogP contribution in [0.4, 0.5) is 0 Å². The number of hydrogen-bond acceptors (Lipinski definition) is 4. The highest BCUT2D eigenvalue weighted by molar-refractivity contribution is 5.55. The van der Waals surface area contributed by atoms with Crippen LogP contribution >= 0.6 is 0 Å². The van der Waals surface area contributed by atoms with Gasteiger partial charge in [0.1, 0.15) is 5.75 Å². The fourth-order valence-electron chi connectivity index (χ4n) is 3.55. The number of hydrogen-bond donors (Lipinski definition) is 1. The van der Waals surface area contributed by atoms with Crippen LogP contribution in [-0.2, 0) is 6.42 Å². The van der Waals surface area contributed by atoms with E-state index in [0.29, 0.717) is 12.2 Å². The number of rotatable bonds is 16. The molecule has 0 fully saturated rings. The van der Waals surface area contributed by atoms with Crippen molar-refractivity contribution >= 4 is 0 Å². The minimum Gasteiger partial charge on any atom is -0.465 e. The van der Waals surface area contributed by atoms with E-state index in [2.05, 4.69) is 23.8 Å². The summed E-state index contributed by atoms with van der Waals surface area (Å²) in [5.74, 6) is 1.40. The van der Waals surface area contributed by atoms with Crippen LogP contribution in [-0.4, -0.2) is 21.4 Å². The topological polar surface area (TPSA) is 55.2 Å². The molecule has 0 aliphatic heterocycles.